The van der Waals surface area contributed by atoms with Gasteiger partial charge in [0.15, 0.2) is 5.11 Å². The van der Waals surface area contributed by atoms with Crippen molar-refractivity contribution in [2.24, 2.45) is 0 Å². The molecular weight excluding hydrogens is 276 g/mol. The Morgan fingerprint density at radius 3 is 2.10 bits per heavy atom. The SMILES string of the molecule is S=C(Nc1ccccc1)N1CCC(c2ccccc2)CC1. The molecule has 108 valence electrons. The molecule has 0 radical (unpaired) electrons. The van der Waals surface area contributed by atoms with Crippen LogP contribution in [-0.2, 0) is 0 Å². The summed E-state index contributed by atoms with van der Waals surface area (Å²) in [5, 5.41) is 4.16. The third-order valence-electron chi connectivity index (χ3n) is 4.08. The van der Waals surface area contributed by atoms with Crippen LogP contribution in [-0.4, -0.2) is 23.1 Å². The minimum Gasteiger partial charge on any atom is -0.349 e. The third kappa shape index (κ3) is 3.61. The number of benzene rings is 2. The third-order valence-corrected chi connectivity index (χ3v) is 4.44. The zero-order chi connectivity index (χ0) is 14.5. The van der Waals surface area contributed by atoms with Crippen LogP contribution in [0.4, 0.5) is 5.69 Å². The Hall–Kier alpha value is -1.87. The van der Waals surface area contributed by atoms with Gasteiger partial charge in [0.1, 0.15) is 0 Å². The highest BCUT2D eigenvalue weighted by atomic mass is 32.1. The zero-order valence-electron chi connectivity index (χ0n) is 12.0. The Morgan fingerprint density at radius 2 is 1.48 bits per heavy atom. The first-order valence-electron chi connectivity index (χ1n) is 7.49. The minimum absolute atomic E-state index is 0.668. The number of para-hydroxylation sites is 1. The summed E-state index contributed by atoms with van der Waals surface area (Å²) >= 11 is 5.53. The van der Waals surface area contributed by atoms with Crippen LogP contribution in [0.1, 0.15) is 24.3 Å². The lowest BCUT2D eigenvalue weighted by atomic mass is 9.90. The molecule has 0 aliphatic carbocycles. The molecule has 1 aliphatic rings. The molecule has 2 aromatic rings. The summed E-state index contributed by atoms with van der Waals surface area (Å²) in [5.74, 6) is 0.668. The van der Waals surface area contributed by atoms with E-state index in [1.54, 1.807) is 0 Å². The van der Waals surface area contributed by atoms with E-state index in [0.29, 0.717) is 5.92 Å². The predicted octanol–water partition coefficient (Wildman–Crippen LogP) is 4.26. The molecule has 0 spiro atoms. The van der Waals surface area contributed by atoms with Gasteiger partial charge in [-0.25, -0.2) is 0 Å². The Labute approximate surface area is 131 Å². The van der Waals surface area contributed by atoms with E-state index in [4.69, 9.17) is 12.2 Å². The summed E-state index contributed by atoms with van der Waals surface area (Å²) < 4.78 is 0. The molecule has 0 amide bonds. The zero-order valence-corrected chi connectivity index (χ0v) is 12.9. The number of nitrogens with zero attached hydrogens (tertiary/aromatic N) is 1. The van der Waals surface area contributed by atoms with Gasteiger partial charge in [-0.2, -0.15) is 0 Å². The fraction of sp³-hybridized carbons (Fsp3) is 0.278. The number of hydrogen-bond donors (Lipinski definition) is 1. The van der Waals surface area contributed by atoms with Gasteiger partial charge < -0.3 is 10.2 Å². The average Bonchev–Trinajstić information content (AvgIpc) is 2.57. The van der Waals surface area contributed by atoms with Crippen LogP contribution in [0.15, 0.2) is 60.7 Å². The van der Waals surface area contributed by atoms with Crippen molar-refractivity contribution in [1.29, 1.82) is 0 Å². The Kier molecular flexibility index (Phi) is 4.51. The maximum absolute atomic E-state index is 5.53. The van der Waals surface area contributed by atoms with E-state index in [1.807, 2.05) is 30.3 Å². The molecule has 1 saturated heterocycles. The largest absolute Gasteiger partial charge is 0.349 e. The van der Waals surface area contributed by atoms with Crippen molar-refractivity contribution in [3.05, 3.63) is 66.2 Å². The fourth-order valence-electron chi connectivity index (χ4n) is 2.87. The number of thiocarbonyl (C=S) groups is 1. The predicted molar refractivity (Wildman–Crippen MR) is 92.7 cm³/mol. The number of anilines is 1. The molecule has 0 unspecified atom stereocenters. The molecule has 0 aromatic heterocycles. The molecule has 2 nitrogen and oxygen atoms in total. The summed E-state index contributed by atoms with van der Waals surface area (Å²) in [4.78, 5) is 2.28. The average molecular weight is 296 g/mol. The maximum atomic E-state index is 5.53. The molecule has 21 heavy (non-hydrogen) atoms. The first-order chi connectivity index (χ1) is 10.3. The van der Waals surface area contributed by atoms with Crippen LogP contribution in [0.25, 0.3) is 0 Å². The number of hydrogen-bond acceptors (Lipinski definition) is 1. The van der Waals surface area contributed by atoms with Gasteiger partial charge in [-0.3, -0.25) is 0 Å². The molecule has 2 aromatic carbocycles. The van der Waals surface area contributed by atoms with E-state index in [2.05, 4.69) is 40.5 Å². The van der Waals surface area contributed by atoms with E-state index >= 15 is 0 Å². The topological polar surface area (TPSA) is 15.3 Å². The van der Waals surface area contributed by atoms with Crippen molar-refractivity contribution in [3.63, 3.8) is 0 Å². The van der Waals surface area contributed by atoms with E-state index in [-0.39, 0.29) is 0 Å². The second-order valence-corrected chi connectivity index (χ2v) is 5.85. The minimum atomic E-state index is 0.668. The van der Waals surface area contributed by atoms with Gasteiger partial charge in [0.05, 0.1) is 0 Å². The molecule has 1 aliphatic heterocycles. The number of likely N-dealkylation sites (tertiary alicyclic amines) is 1. The smallest absolute Gasteiger partial charge is 0.173 e. The lowest BCUT2D eigenvalue weighted by Crippen LogP contribution is -2.40. The van der Waals surface area contributed by atoms with Gasteiger partial charge in [-0.1, -0.05) is 48.5 Å². The summed E-state index contributed by atoms with van der Waals surface area (Å²) in [6.45, 7) is 2.05. The molecule has 3 heteroatoms. The molecule has 1 fully saturated rings. The molecule has 0 saturated carbocycles. The molecule has 3 rings (SSSR count). The second kappa shape index (κ2) is 6.72. The van der Waals surface area contributed by atoms with E-state index in [1.165, 1.54) is 18.4 Å². The van der Waals surface area contributed by atoms with Gasteiger partial charge in [-0.05, 0) is 48.7 Å². The summed E-state index contributed by atoms with van der Waals surface area (Å²) in [5.41, 5.74) is 2.52. The van der Waals surface area contributed by atoms with Crippen LogP contribution in [0, 0.1) is 0 Å². The van der Waals surface area contributed by atoms with Crippen LogP contribution in [0.5, 0.6) is 0 Å². The quantitative estimate of drug-likeness (QED) is 0.834. The summed E-state index contributed by atoms with van der Waals surface area (Å²) in [6.07, 6.45) is 2.33. The van der Waals surface area contributed by atoms with Gasteiger partial charge in [0.25, 0.3) is 0 Å². The highest BCUT2D eigenvalue weighted by molar-refractivity contribution is 7.80. The molecule has 0 atom stereocenters. The van der Waals surface area contributed by atoms with Crippen LogP contribution in [0.2, 0.25) is 0 Å². The van der Waals surface area contributed by atoms with Crippen LogP contribution in [0.3, 0.4) is 0 Å². The number of nitrogens with one attached hydrogen (secondary N) is 1. The second-order valence-electron chi connectivity index (χ2n) is 5.47. The van der Waals surface area contributed by atoms with Gasteiger partial charge in [0.2, 0.25) is 0 Å². The summed E-state index contributed by atoms with van der Waals surface area (Å²) in [7, 11) is 0. The molecular formula is C18H20N2S. The molecule has 0 bridgehead atoms. The Bertz CT molecular complexity index is 575. The monoisotopic (exact) mass is 296 g/mol. The Balaban J connectivity index is 1.55. The first kappa shape index (κ1) is 14.1. The van der Waals surface area contributed by atoms with E-state index in [0.717, 1.165) is 23.9 Å². The van der Waals surface area contributed by atoms with Gasteiger partial charge >= 0.3 is 0 Å². The Morgan fingerprint density at radius 1 is 0.905 bits per heavy atom. The molecule has 1 heterocycles. The first-order valence-corrected chi connectivity index (χ1v) is 7.89. The van der Waals surface area contributed by atoms with Crippen molar-refractivity contribution in [2.75, 3.05) is 18.4 Å². The standard InChI is InChI=1S/C18H20N2S/c21-18(19-17-9-5-2-6-10-17)20-13-11-16(12-14-20)15-7-3-1-4-8-15/h1-10,16H,11-14H2,(H,19,21). The lowest BCUT2D eigenvalue weighted by Gasteiger charge is -2.34. The molecule has 1 N–H and O–H groups in total. The van der Waals surface area contributed by atoms with Crippen molar-refractivity contribution in [1.82, 2.24) is 4.90 Å². The fourth-order valence-corrected chi connectivity index (χ4v) is 3.17. The number of rotatable bonds is 2. The van der Waals surface area contributed by atoms with E-state index < -0.39 is 0 Å². The van der Waals surface area contributed by atoms with Crippen molar-refractivity contribution >= 4 is 23.0 Å². The highest BCUT2D eigenvalue weighted by Crippen LogP contribution is 2.28. The van der Waals surface area contributed by atoms with Gasteiger partial charge in [0, 0.05) is 18.8 Å². The summed E-state index contributed by atoms with van der Waals surface area (Å²) in [6, 6.07) is 21.0. The maximum Gasteiger partial charge on any atom is 0.173 e. The van der Waals surface area contributed by atoms with Crippen LogP contribution >= 0.6 is 12.2 Å². The van der Waals surface area contributed by atoms with Crippen molar-refractivity contribution < 1.29 is 0 Å². The number of piperidine rings is 1. The highest BCUT2D eigenvalue weighted by Gasteiger charge is 2.21. The van der Waals surface area contributed by atoms with Crippen molar-refractivity contribution in [3.8, 4) is 0 Å². The van der Waals surface area contributed by atoms with Gasteiger partial charge in [-0.15, -0.1) is 0 Å². The normalized spacial score (nSPS) is 15.7. The van der Waals surface area contributed by atoms with Crippen LogP contribution < -0.4 is 5.32 Å². The van der Waals surface area contributed by atoms with Crippen molar-refractivity contribution in [2.45, 2.75) is 18.8 Å². The van der Waals surface area contributed by atoms with E-state index in [9.17, 15) is 0 Å². The lowest BCUT2D eigenvalue weighted by molar-refractivity contribution is 0.317.